The average Bonchev–Trinajstić information content (AvgIpc) is 3.30. The minimum Gasteiger partial charge on any atom is -0.494 e. The number of aromatic nitrogens is 2. The zero-order valence-electron chi connectivity index (χ0n) is 12.3. The second-order valence-electron chi connectivity index (χ2n) is 5.35. The van der Waals surface area contributed by atoms with Gasteiger partial charge in [-0.2, -0.15) is 0 Å². The van der Waals surface area contributed by atoms with Crippen LogP contribution in [0, 0.1) is 6.92 Å². The largest absolute Gasteiger partial charge is 0.494 e. The third-order valence-electron chi connectivity index (χ3n) is 3.74. The Morgan fingerprint density at radius 3 is 2.68 bits per heavy atom. The second-order valence-corrected chi connectivity index (χ2v) is 5.73. The number of carboxylic acid groups (broad SMARTS) is 1. The molecule has 0 radical (unpaired) electrons. The monoisotopic (exact) mass is 318 g/mol. The molecule has 5 nitrogen and oxygen atoms in total. The van der Waals surface area contributed by atoms with Crippen LogP contribution in [-0.4, -0.2) is 28.2 Å². The first kappa shape index (κ1) is 14.8. The zero-order chi connectivity index (χ0) is 15.9. The predicted octanol–water partition coefficient (Wildman–Crippen LogP) is 3.69. The number of pyridine rings is 2. The maximum Gasteiger partial charge on any atom is 0.337 e. The molecule has 2 heterocycles. The lowest BCUT2D eigenvalue weighted by atomic mass is 9.99. The molecule has 0 spiro atoms. The summed E-state index contributed by atoms with van der Waals surface area (Å²) in [7, 11) is 1.52. The maximum absolute atomic E-state index is 11.5. The summed E-state index contributed by atoms with van der Waals surface area (Å²) < 4.78 is 5.35. The van der Waals surface area contributed by atoms with Crippen molar-refractivity contribution in [2.24, 2.45) is 0 Å². The number of hydrogen-bond donors (Lipinski definition) is 1. The van der Waals surface area contributed by atoms with Crippen molar-refractivity contribution in [3.8, 4) is 16.9 Å². The minimum atomic E-state index is -1.05. The number of carboxylic acids is 1. The van der Waals surface area contributed by atoms with E-state index in [1.165, 1.54) is 13.3 Å². The normalized spacial score (nSPS) is 14.0. The molecule has 0 aromatic carbocycles. The molecule has 1 fully saturated rings. The highest BCUT2D eigenvalue weighted by molar-refractivity contribution is 6.34. The molecule has 0 unspecified atom stereocenters. The Balaban J connectivity index is 2.29. The van der Waals surface area contributed by atoms with Crippen molar-refractivity contribution in [1.29, 1.82) is 0 Å². The summed E-state index contributed by atoms with van der Waals surface area (Å²) in [6, 6.07) is 1.71. The Labute approximate surface area is 132 Å². The fourth-order valence-electron chi connectivity index (χ4n) is 2.47. The van der Waals surface area contributed by atoms with E-state index < -0.39 is 5.97 Å². The highest BCUT2D eigenvalue weighted by Gasteiger charge is 2.30. The van der Waals surface area contributed by atoms with Gasteiger partial charge in [-0.15, -0.1) is 0 Å². The van der Waals surface area contributed by atoms with Gasteiger partial charge in [-0.25, -0.2) is 4.79 Å². The Morgan fingerprint density at radius 1 is 1.36 bits per heavy atom. The van der Waals surface area contributed by atoms with Crippen molar-refractivity contribution < 1.29 is 14.6 Å². The Morgan fingerprint density at radius 2 is 2.09 bits per heavy atom. The van der Waals surface area contributed by atoms with Crippen LogP contribution >= 0.6 is 11.6 Å². The van der Waals surface area contributed by atoms with Gasteiger partial charge in [0.25, 0.3) is 0 Å². The first-order chi connectivity index (χ1) is 10.5. The molecule has 1 aliphatic rings. The molecule has 1 aliphatic carbocycles. The molecule has 2 aromatic rings. The van der Waals surface area contributed by atoms with Gasteiger partial charge in [0.1, 0.15) is 5.75 Å². The SMILES string of the molecule is COc1cnc(C2CC2)c(Cl)c1-c1cc(C)ncc1C(=O)O. The third-order valence-corrected chi connectivity index (χ3v) is 4.12. The van der Waals surface area contributed by atoms with Crippen LogP contribution in [0.2, 0.25) is 5.02 Å². The number of halogens is 1. The smallest absolute Gasteiger partial charge is 0.337 e. The highest BCUT2D eigenvalue weighted by atomic mass is 35.5. The number of hydrogen-bond acceptors (Lipinski definition) is 4. The standard InChI is InChI=1S/C16H15ClN2O3/c1-8-5-10(11(6-18-8)16(20)21)13-12(22-2)7-19-15(14(13)17)9-3-4-9/h5-7,9H,3-4H2,1-2H3,(H,20,21). The summed E-state index contributed by atoms with van der Waals surface area (Å²) in [4.78, 5) is 19.9. The van der Waals surface area contributed by atoms with E-state index in [0.717, 1.165) is 18.5 Å². The van der Waals surface area contributed by atoms with Crippen molar-refractivity contribution >= 4 is 17.6 Å². The van der Waals surface area contributed by atoms with Gasteiger partial charge in [-0.05, 0) is 25.8 Å². The first-order valence-corrected chi connectivity index (χ1v) is 7.33. The molecule has 3 rings (SSSR count). The van der Waals surface area contributed by atoms with E-state index in [1.54, 1.807) is 19.2 Å². The number of nitrogens with zero attached hydrogens (tertiary/aromatic N) is 2. The van der Waals surface area contributed by atoms with Gasteiger partial charge >= 0.3 is 5.97 Å². The second kappa shape index (κ2) is 5.57. The number of rotatable bonds is 4. The number of aryl methyl sites for hydroxylation is 1. The molecule has 0 bridgehead atoms. The summed E-state index contributed by atoms with van der Waals surface area (Å²) in [5.41, 5.74) is 2.69. The van der Waals surface area contributed by atoms with Crippen LogP contribution in [0.1, 0.15) is 40.5 Å². The fourth-order valence-corrected chi connectivity index (χ4v) is 2.87. The van der Waals surface area contributed by atoms with E-state index in [9.17, 15) is 9.90 Å². The number of methoxy groups -OCH3 is 1. The summed E-state index contributed by atoms with van der Waals surface area (Å²) in [5, 5.41) is 9.89. The average molecular weight is 319 g/mol. The molecular formula is C16H15ClN2O3. The van der Waals surface area contributed by atoms with Gasteiger partial charge in [0.05, 0.1) is 29.6 Å². The van der Waals surface area contributed by atoms with E-state index in [1.807, 2.05) is 0 Å². The Bertz CT molecular complexity index is 757. The number of ether oxygens (including phenoxy) is 1. The molecule has 2 aromatic heterocycles. The maximum atomic E-state index is 11.5. The van der Waals surface area contributed by atoms with Gasteiger partial charge < -0.3 is 9.84 Å². The van der Waals surface area contributed by atoms with E-state index in [2.05, 4.69) is 9.97 Å². The van der Waals surface area contributed by atoms with Crippen LogP contribution in [0.4, 0.5) is 0 Å². The third kappa shape index (κ3) is 2.52. The molecule has 114 valence electrons. The lowest BCUT2D eigenvalue weighted by molar-refractivity contribution is 0.0697. The zero-order valence-corrected chi connectivity index (χ0v) is 13.0. The van der Waals surface area contributed by atoms with E-state index in [0.29, 0.717) is 33.5 Å². The Hall–Kier alpha value is -2.14. The first-order valence-electron chi connectivity index (χ1n) is 6.95. The van der Waals surface area contributed by atoms with Crippen LogP contribution in [0.15, 0.2) is 18.5 Å². The Kier molecular flexibility index (Phi) is 3.74. The van der Waals surface area contributed by atoms with Gasteiger partial charge in [0.15, 0.2) is 0 Å². The summed E-state index contributed by atoms with van der Waals surface area (Å²) in [6.07, 6.45) is 5.07. The molecule has 6 heteroatoms. The molecule has 1 saturated carbocycles. The molecule has 22 heavy (non-hydrogen) atoms. The van der Waals surface area contributed by atoms with E-state index in [-0.39, 0.29) is 5.56 Å². The molecular weight excluding hydrogens is 304 g/mol. The van der Waals surface area contributed by atoms with Gasteiger partial charge in [0.2, 0.25) is 0 Å². The lowest BCUT2D eigenvalue weighted by Gasteiger charge is -2.15. The summed E-state index contributed by atoms with van der Waals surface area (Å²) in [6.45, 7) is 1.80. The number of aromatic carboxylic acids is 1. The molecule has 1 N–H and O–H groups in total. The van der Waals surface area contributed by atoms with Crippen LogP contribution in [-0.2, 0) is 0 Å². The molecule has 0 aliphatic heterocycles. The van der Waals surface area contributed by atoms with Crippen molar-refractivity contribution in [3.05, 3.63) is 40.4 Å². The molecule has 0 saturated heterocycles. The van der Waals surface area contributed by atoms with Gasteiger partial charge in [0, 0.05) is 28.9 Å². The quantitative estimate of drug-likeness (QED) is 0.930. The van der Waals surface area contributed by atoms with E-state index in [4.69, 9.17) is 16.3 Å². The van der Waals surface area contributed by atoms with Crippen LogP contribution in [0.3, 0.4) is 0 Å². The minimum absolute atomic E-state index is 0.0961. The summed E-state index contributed by atoms with van der Waals surface area (Å²) >= 11 is 6.54. The predicted molar refractivity (Wildman–Crippen MR) is 82.7 cm³/mol. The number of carbonyl (C=O) groups is 1. The van der Waals surface area contributed by atoms with Crippen molar-refractivity contribution in [2.75, 3.05) is 7.11 Å². The topological polar surface area (TPSA) is 72.3 Å². The van der Waals surface area contributed by atoms with Gasteiger partial charge in [-0.1, -0.05) is 11.6 Å². The molecule has 0 amide bonds. The van der Waals surface area contributed by atoms with Gasteiger partial charge in [-0.3, -0.25) is 9.97 Å². The van der Waals surface area contributed by atoms with Crippen LogP contribution in [0.25, 0.3) is 11.1 Å². The van der Waals surface area contributed by atoms with Crippen molar-refractivity contribution in [2.45, 2.75) is 25.7 Å². The van der Waals surface area contributed by atoms with Crippen LogP contribution in [0.5, 0.6) is 5.75 Å². The van der Waals surface area contributed by atoms with Crippen molar-refractivity contribution in [1.82, 2.24) is 9.97 Å². The van der Waals surface area contributed by atoms with Crippen LogP contribution < -0.4 is 4.74 Å². The van der Waals surface area contributed by atoms with Crippen molar-refractivity contribution in [3.63, 3.8) is 0 Å². The lowest BCUT2D eigenvalue weighted by Crippen LogP contribution is -2.04. The summed E-state index contributed by atoms with van der Waals surface area (Å²) in [5.74, 6) is -0.235. The molecule has 0 atom stereocenters. The highest BCUT2D eigenvalue weighted by Crippen LogP contribution is 2.47. The fraction of sp³-hybridized carbons (Fsp3) is 0.312. The van der Waals surface area contributed by atoms with E-state index >= 15 is 0 Å².